The lowest BCUT2D eigenvalue weighted by Crippen LogP contribution is -2.47. The molecule has 2 heterocycles. The third-order valence-corrected chi connectivity index (χ3v) is 7.22. The Bertz CT molecular complexity index is 1380. The Morgan fingerprint density at radius 2 is 1.76 bits per heavy atom. The maximum absolute atomic E-state index is 13.0. The number of aryl methyl sites for hydroxylation is 1. The fourth-order valence-corrected chi connectivity index (χ4v) is 4.96. The van der Waals surface area contributed by atoms with Crippen LogP contribution >= 0.6 is 0 Å². The summed E-state index contributed by atoms with van der Waals surface area (Å²) in [5.41, 5.74) is 2.88. The molecule has 190 valence electrons. The van der Waals surface area contributed by atoms with E-state index in [2.05, 4.69) is 4.98 Å². The van der Waals surface area contributed by atoms with E-state index in [9.17, 15) is 15.0 Å². The summed E-state index contributed by atoms with van der Waals surface area (Å²) in [6.07, 6.45) is 2.48. The van der Waals surface area contributed by atoms with Crippen molar-refractivity contribution in [1.82, 2.24) is 9.88 Å². The molecule has 0 bridgehead atoms. The molecular formula is C31H32N2O4. The zero-order valence-corrected chi connectivity index (χ0v) is 21.0. The Morgan fingerprint density at radius 3 is 2.54 bits per heavy atom. The fraction of sp³-hybridized carbons (Fsp3) is 0.290. The molecule has 1 aliphatic heterocycles. The Morgan fingerprint density at radius 1 is 1.03 bits per heavy atom. The lowest BCUT2D eigenvalue weighted by molar-refractivity contribution is -0.0819. The normalized spacial score (nSPS) is 16.4. The van der Waals surface area contributed by atoms with Crippen molar-refractivity contribution < 1.29 is 19.7 Å². The number of pyridine rings is 1. The Kier molecular flexibility index (Phi) is 7.33. The van der Waals surface area contributed by atoms with Crippen molar-refractivity contribution in [2.45, 2.75) is 38.0 Å². The molecule has 1 aromatic heterocycles. The highest BCUT2D eigenvalue weighted by molar-refractivity contribution is 6.10. The van der Waals surface area contributed by atoms with Crippen molar-refractivity contribution in [3.05, 3.63) is 107 Å². The van der Waals surface area contributed by atoms with Crippen LogP contribution in [0.15, 0.2) is 85.1 Å². The number of ketones is 1. The molecule has 0 amide bonds. The monoisotopic (exact) mass is 496 g/mol. The first-order valence-corrected chi connectivity index (χ1v) is 12.8. The van der Waals surface area contributed by atoms with E-state index < -0.39 is 11.8 Å². The van der Waals surface area contributed by atoms with E-state index in [1.54, 1.807) is 18.3 Å². The van der Waals surface area contributed by atoms with E-state index in [0.29, 0.717) is 49.2 Å². The second-order valence-corrected chi connectivity index (χ2v) is 9.80. The van der Waals surface area contributed by atoms with Crippen molar-refractivity contribution in [1.29, 1.82) is 0 Å². The lowest BCUT2D eigenvalue weighted by Gasteiger charge is -2.40. The average molecular weight is 497 g/mol. The van der Waals surface area contributed by atoms with Crippen molar-refractivity contribution in [2.24, 2.45) is 0 Å². The van der Waals surface area contributed by atoms with Gasteiger partial charge in [-0.1, -0.05) is 60.2 Å². The smallest absolute Gasteiger partial charge is 0.196 e. The number of hydrogen-bond donors (Lipinski definition) is 2. The number of carbonyl (C=O) groups excluding carboxylic acids is 1. The number of fused-ring (bicyclic) bond motifs is 1. The number of rotatable bonds is 8. The number of ether oxygens (including phenoxy) is 1. The van der Waals surface area contributed by atoms with Crippen LogP contribution in [0.2, 0.25) is 0 Å². The van der Waals surface area contributed by atoms with Crippen LogP contribution in [0.4, 0.5) is 0 Å². The number of benzene rings is 3. The van der Waals surface area contributed by atoms with E-state index in [0.717, 1.165) is 22.0 Å². The molecule has 0 aliphatic carbocycles. The van der Waals surface area contributed by atoms with Gasteiger partial charge < -0.3 is 14.9 Å². The van der Waals surface area contributed by atoms with Gasteiger partial charge in [0.25, 0.3) is 0 Å². The maximum Gasteiger partial charge on any atom is 0.196 e. The largest absolute Gasteiger partial charge is 0.493 e. The summed E-state index contributed by atoms with van der Waals surface area (Å²) >= 11 is 0. The molecular weight excluding hydrogens is 464 g/mol. The van der Waals surface area contributed by atoms with Gasteiger partial charge in [-0.3, -0.25) is 14.7 Å². The predicted molar refractivity (Wildman–Crippen MR) is 144 cm³/mol. The molecule has 0 saturated carbocycles. The topological polar surface area (TPSA) is 82.9 Å². The van der Waals surface area contributed by atoms with Crippen LogP contribution in [0, 0.1) is 6.92 Å². The standard InChI is InChI=1S/C31H32N2O4/c1-22-11-12-28(26(19-22)30(35)23-7-3-2-4-8-23)37-18-13-29(34)33-16-14-31(36,15-17-33)25-20-24-9-5-6-10-27(24)32-21-25/h2-12,19-21,29,34,36H,13-18H2,1H3/t29-/m0/s1. The molecule has 37 heavy (non-hydrogen) atoms. The van der Waals surface area contributed by atoms with Gasteiger partial charge in [0.2, 0.25) is 0 Å². The number of piperidine rings is 1. The summed E-state index contributed by atoms with van der Waals surface area (Å²) < 4.78 is 5.98. The first-order chi connectivity index (χ1) is 17.9. The van der Waals surface area contributed by atoms with Gasteiger partial charge in [0.15, 0.2) is 5.78 Å². The molecule has 1 fully saturated rings. The van der Waals surface area contributed by atoms with Gasteiger partial charge >= 0.3 is 0 Å². The number of nitrogens with zero attached hydrogens (tertiary/aromatic N) is 2. The predicted octanol–water partition coefficient (Wildman–Crippen LogP) is 4.85. The van der Waals surface area contributed by atoms with Crippen LogP contribution in [0.3, 0.4) is 0 Å². The number of hydrogen-bond acceptors (Lipinski definition) is 6. The van der Waals surface area contributed by atoms with Crippen molar-refractivity contribution in [2.75, 3.05) is 19.7 Å². The molecule has 0 unspecified atom stereocenters. The number of likely N-dealkylation sites (tertiary alicyclic amines) is 1. The minimum atomic E-state index is -0.960. The van der Waals surface area contributed by atoms with Crippen LogP contribution in [0.5, 0.6) is 5.75 Å². The summed E-state index contributed by atoms with van der Waals surface area (Å²) in [7, 11) is 0. The number of aliphatic hydroxyl groups excluding tert-OH is 1. The van der Waals surface area contributed by atoms with Gasteiger partial charge in [-0.25, -0.2) is 0 Å². The molecule has 6 nitrogen and oxygen atoms in total. The number of para-hydroxylation sites is 1. The molecule has 0 radical (unpaired) electrons. The van der Waals surface area contributed by atoms with Crippen molar-refractivity contribution in [3.8, 4) is 5.75 Å². The molecule has 2 N–H and O–H groups in total. The van der Waals surface area contributed by atoms with Crippen molar-refractivity contribution >= 4 is 16.7 Å². The van der Waals surface area contributed by atoms with Crippen molar-refractivity contribution in [3.63, 3.8) is 0 Å². The maximum atomic E-state index is 13.0. The molecule has 3 aromatic carbocycles. The number of aliphatic hydroxyl groups is 2. The quantitative estimate of drug-likeness (QED) is 0.340. The van der Waals surface area contributed by atoms with Crippen LogP contribution < -0.4 is 4.74 Å². The summed E-state index contributed by atoms with van der Waals surface area (Å²) in [6, 6.07) is 24.6. The van der Waals surface area contributed by atoms with Crippen LogP contribution in [0.1, 0.15) is 46.3 Å². The van der Waals surface area contributed by atoms with E-state index >= 15 is 0 Å². The van der Waals surface area contributed by atoms with Gasteiger partial charge in [-0.2, -0.15) is 0 Å². The summed E-state index contributed by atoms with van der Waals surface area (Å²) in [6.45, 7) is 3.34. The molecule has 1 aliphatic rings. The second kappa shape index (κ2) is 10.8. The molecule has 0 spiro atoms. The van der Waals surface area contributed by atoms with Gasteiger partial charge in [0.1, 0.15) is 12.0 Å². The highest BCUT2D eigenvalue weighted by atomic mass is 16.5. The Hall–Kier alpha value is -3.58. The van der Waals surface area contributed by atoms with Crippen LogP contribution in [-0.4, -0.2) is 51.8 Å². The SMILES string of the molecule is Cc1ccc(OCC[C@H](O)N2CCC(O)(c3cnc4ccccc4c3)CC2)c(C(=O)c2ccccc2)c1. The van der Waals surface area contributed by atoms with E-state index in [-0.39, 0.29) is 12.4 Å². The van der Waals surface area contributed by atoms with Crippen LogP contribution in [0.25, 0.3) is 10.9 Å². The molecule has 5 rings (SSSR count). The zero-order chi connectivity index (χ0) is 25.8. The minimum Gasteiger partial charge on any atom is -0.493 e. The van der Waals surface area contributed by atoms with Gasteiger partial charge in [0, 0.05) is 42.2 Å². The Balaban J connectivity index is 1.18. The summed E-state index contributed by atoms with van der Waals surface area (Å²) in [5.74, 6) is 0.432. The molecule has 6 heteroatoms. The van der Waals surface area contributed by atoms with Gasteiger partial charge in [0.05, 0.1) is 23.3 Å². The summed E-state index contributed by atoms with van der Waals surface area (Å²) in [4.78, 5) is 19.5. The average Bonchev–Trinajstić information content (AvgIpc) is 2.94. The highest BCUT2D eigenvalue weighted by Crippen LogP contribution is 2.34. The fourth-order valence-electron chi connectivity index (χ4n) is 4.96. The van der Waals surface area contributed by atoms with Gasteiger partial charge in [-0.05, 0) is 44.0 Å². The second-order valence-electron chi connectivity index (χ2n) is 9.80. The minimum absolute atomic E-state index is 0.0849. The summed E-state index contributed by atoms with van der Waals surface area (Å²) in [5, 5.41) is 23.1. The third-order valence-electron chi connectivity index (χ3n) is 7.22. The highest BCUT2D eigenvalue weighted by Gasteiger charge is 2.36. The molecule has 1 atom stereocenters. The first-order valence-electron chi connectivity index (χ1n) is 12.8. The zero-order valence-electron chi connectivity index (χ0n) is 21.0. The Labute approximate surface area is 217 Å². The van der Waals surface area contributed by atoms with E-state index in [1.165, 1.54) is 0 Å². The van der Waals surface area contributed by atoms with Crippen LogP contribution in [-0.2, 0) is 5.60 Å². The number of carbonyl (C=O) groups is 1. The van der Waals surface area contributed by atoms with Gasteiger partial charge in [-0.15, -0.1) is 0 Å². The molecule has 1 saturated heterocycles. The third kappa shape index (κ3) is 5.57. The first kappa shape index (κ1) is 25.1. The van der Waals surface area contributed by atoms with E-state index in [4.69, 9.17) is 4.74 Å². The lowest BCUT2D eigenvalue weighted by atomic mass is 9.84. The number of aromatic nitrogens is 1. The molecule has 4 aromatic rings. The van der Waals surface area contributed by atoms with E-state index in [1.807, 2.05) is 78.6 Å².